The number of hydrogen-bond acceptors (Lipinski definition) is 4. The SMILES string of the molecule is Cc1cc2c(cc1CN(C)CCCCN)OCCO2. The Hall–Kier alpha value is -1.26. The van der Waals surface area contributed by atoms with Crippen molar-refractivity contribution in [3.63, 3.8) is 0 Å². The third-order valence-corrected chi connectivity index (χ3v) is 3.43. The van der Waals surface area contributed by atoms with Crippen molar-refractivity contribution in [2.45, 2.75) is 26.3 Å². The maximum absolute atomic E-state index is 5.64. The molecule has 19 heavy (non-hydrogen) atoms. The van der Waals surface area contributed by atoms with Crippen LogP contribution >= 0.6 is 0 Å². The highest BCUT2D eigenvalue weighted by molar-refractivity contribution is 5.47. The van der Waals surface area contributed by atoms with Gasteiger partial charge in [-0.05, 0) is 63.2 Å². The van der Waals surface area contributed by atoms with Gasteiger partial charge in [0, 0.05) is 6.54 Å². The van der Waals surface area contributed by atoms with Gasteiger partial charge in [0.25, 0.3) is 0 Å². The van der Waals surface area contributed by atoms with Crippen molar-refractivity contribution >= 4 is 0 Å². The molecule has 0 bridgehead atoms. The van der Waals surface area contributed by atoms with E-state index in [1.54, 1.807) is 0 Å². The van der Waals surface area contributed by atoms with Gasteiger partial charge in [-0.1, -0.05) is 0 Å². The summed E-state index contributed by atoms with van der Waals surface area (Å²) >= 11 is 0. The summed E-state index contributed by atoms with van der Waals surface area (Å²) in [6.07, 6.45) is 2.24. The molecule has 0 saturated heterocycles. The number of nitrogens with two attached hydrogens (primary N) is 1. The van der Waals surface area contributed by atoms with Crippen LogP contribution in [0.25, 0.3) is 0 Å². The first kappa shape index (κ1) is 14.2. The van der Waals surface area contributed by atoms with Crippen LogP contribution in [0.4, 0.5) is 0 Å². The van der Waals surface area contributed by atoms with Crippen LogP contribution in [0.5, 0.6) is 11.5 Å². The van der Waals surface area contributed by atoms with Crippen LogP contribution in [0.1, 0.15) is 24.0 Å². The maximum atomic E-state index is 5.64. The lowest BCUT2D eigenvalue weighted by Gasteiger charge is -2.22. The Bertz CT molecular complexity index is 421. The summed E-state index contributed by atoms with van der Waals surface area (Å²) in [5, 5.41) is 0. The summed E-state index contributed by atoms with van der Waals surface area (Å²) < 4.78 is 11.2. The smallest absolute Gasteiger partial charge is 0.161 e. The van der Waals surface area contributed by atoms with E-state index >= 15 is 0 Å². The van der Waals surface area contributed by atoms with Crippen LogP contribution in [-0.2, 0) is 6.54 Å². The number of ether oxygens (including phenoxy) is 2. The lowest BCUT2D eigenvalue weighted by molar-refractivity contribution is 0.171. The van der Waals surface area contributed by atoms with E-state index in [0.717, 1.165) is 44.0 Å². The molecule has 0 atom stereocenters. The van der Waals surface area contributed by atoms with Crippen LogP contribution in [0.2, 0.25) is 0 Å². The molecular weight excluding hydrogens is 240 g/mol. The molecule has 1 aromatic rings. The molecule has 1 aliphatic heterocycles. The molecule has 0 spiro atoms. The first-order valence-corrected chi connectivity index (χ1v) is 6.98. The molecule has 0 aromatic heterocycles. The molecule has 0 saturated carbocycles. The van der Waals surface area contributed by atoms with E-state index in [9.17, 15) is 0 Å². The van der Waals surface area contributed by atoms with Crippen LogP contribution < -0.4 is 15.2 Å². The van der Waals surface area contributed by atoms with Crippen molar-refractivity contribution in [1.29, 1.82) is 0 Å². The number of benzene rings is 1. The fourth-order valence-electron chi connectivity index (χ4n) is 2.30. The van der Waals surface area contributed by atoms with Gasteiger partial charge in [-0.2, -0.15) is 0 Å². The zero-order valence-corrected chi connectivity index (χ0v) is 11.9. The molecular formula is C15H24N2O2. The Labute approximate surface area is 115 Å². The second-order valence-electron chi connectivity index (χ2n) is 5.16. The highest BCUT2D eigenvalue weighted by Crippen LogP contribution is 2.33. The molecule has 106 valence electrons. The summed E-state index contributed by atoms with van der Waals surface area (Å²) in [7, 11) is 2.15. The lowest BCUT2D eigenvalue weighted by atomic mass is 10.1. The van der Waals surface area contributed by atoms with Gasteiger partial charge < -0.3 is 20.1 Å². The lowest BCUT2D eigenvalue weighted by Crippen LogP contribution is -2.21. The van der Waals surface area contributed by atoms with Crippen LogP contribution in [0.3, 0.4) is 0 Å². The molecule has 0 amide bonds. The zero-order valence-electron chi connectivity index (χ0n) is 11.9. The van der Waals surface area contributed by atoms with Gasteiger partial charge in [-0.3, -0.25) is 0 Å². The van der Waals surface area contributed by atoms with Gasteiger partial charge in [0.2, 0.25) is 0 Å². The second kappa shape index (κ2) is 6.78. The Balaban J connectivity index is 1.99. The third-order valence-electron chi connectivity index (χ3n) is 3.43. The Kier molecular flexibility index (Phi) is 5.05. The zero-order chi connectivity index (χ0) is 13.7. The first-order valence-electron chi connectivity index (χ1n) is 6.98. The van der Waals surface area contributed by atoms with E-state index in [-0.39, 0.29) is 0 Å². The summed E-state index contributed by atoms with van der Waals surface area (Å²) in [5.41, 5.74) is 8.08. The van der Waals surface area contributed by atoms with E-state index < -0.39 is 0 Å². The van der Waals surface area contributed by atoms with Crippen molar-refractivity contribution < 1.29 is 9.47 Å². The number of hydrogen-bond donors (Lipinski definition) is 1. The summed E-state index contributed by atoms with van der Waals surface area (Å²) in [6.45, 7) is 6.20. The van der Waals surface area contributed by atoms with Gasteiger partial charge in [-0.15, -0.1) is 0 Å². The number of fused-ring (bicyclic) bond motifs is 1. The fourth-order valence-corrected chi connectivity index (χ4v) is 2.30. The van der Waals surface area contributed by atoms with Crippen LogP contribution in [-0.4, -0.2) is 38.3 Å². The van der Waals surface area contributed by atoms with Crippen molar-refractivity contribution in [3.05, 3.63) is 23.3 Å². The largest absolute Gasteiger partial charge is 0.486 e. The second-order valence-corrected chi connectivity index (χ2v) is 5.16. The molecule has 0 unspecified atom stereocenters. The predicted octanol–water partition coefficient (Wildman–Crippen LogP) is 1.94. The highest BCUT2D eigenvalue weighted by Gasteiger charge is 2.14. The summed E-state index contributed by atoms with van der Waals surface area (Å²) in [5.74, 6) is 1.75. The minimum atomic E-state index is 0.641. The number of unbranched alkanes of at least 4 members (excludes halogenated alkanes) is 1. The van der Waals surface area contributed by atoms with Crippen molar-refractivity contribution in [3.8, 4) is 11.5 Å². The standard InChI is InChI=1S/C15H24N2O2/c1-12-9-14-15(19-8-7-18-14)10-13(12)11-17(2)6-4-3-5-16/h9-10H,3-8,11,16H2,1-2H3. The third kappa shape index (κ3) is 3.85. The fraction of sp³-hybridized carbons (Fsp3) is 0.600. The Morgan fingerprint density at radius 3 is 2.53 bits per heavy atom. The van der Waals surface area contributed by atoms with Gasteiger partial charge >= 0.3 is 0 Å². The van der Waals surface area contributed by atoms with E-state index in [1.807, 2.05) is 0 Å². The average molecular weight is 264 g/mol. The van der Waals surface area contributed by atoms with E-state index in [0.29, 0.717) is 13.2 Å². The molecule has 0 aliphatic carbocycles. The number of rotatable bonds is 6. The van der Waals surface area contributed by atoms with Gasteiger partial charge in [0.1, 0.15) is 13.2 Å². The highest BCUT2D eigenvalue weighted by atomic mass is 16.6. The predicted molar refractivity (Wildman–Crippen MR) is 76.8 cm³/mol. The average Bonchev–Trinajstić information content (AvgIpc) is 2.40. The summed E-state index contributed by atoms with van der Waals surface area (Å²) in [6, 6.07) is 4.20. The monoisotopic (exact) mass is 264 g/mol. The molecule has 4 heteroatoms. The number of nitrogens with zero attached hydrogens (tertiary/aromatic N) is 1. The topological polar surface area (TPSA) is 47.7 Å². The van der Waals surface area contributed by atoms with Crippen LogP contribution in [0.15, 0.2) is 12.1 Å². The van der Waals surface area contributed by atoms with Crippen molar-refractivity contribution in [1.82, 2.24) is 4.90 Å². The first-order chi connectivity index (χ1) is 9.20. The molecule has 0 fully saturated rings. The minimum Gasteiger partial charge on any atom is -0.486 e. The maximum Gasteiger partial charge on any atom is 0.161 e. The quantitative estimate of drug-likeness (QED) is 0.798. The van der Waals surface area contributed by atoms with Gasteiger partial charge in [-0.25, -0.2) is 0 Å². The van der Waals surface area contributed by atoms with Crippen molar-refractivity contribution in [2.24, 2.45) is 5.73 Å². The molecule has 0 radical (unpaired) electrons. The van der Waals surface area contributed by atoms with Crippen LogP contribution in [0, 0.1) is 6.92 Å². The normalized spacial score (nSPS) is 13.9. The van der Waals surface area contributed by atoms with E-state index in [4.69, 9.17) is 15.2 Å². The molecule has 1 aromatic carbocycles. The molecule has 1 aliphatic rings. The minimum absolute atomic E-state index is 0.641. The Morgan fingerprint density at radius 2 is 1.84 bits per heavy atom. The van der Waals surface area contributed by atoms with Crippen molar-refractivity contribution in [2.75, 3.05) is 33.4 Å². The van der Waals surface area contributed by atoms with Gasteiger partial charge in [0.05, 0.1) is 0 Å². The number of aryl methyl sites for hydroxylation is 1. The van der Waals surface area contributed by atoms with E-state index in [1.165, 1.54) is 11.1 Å². The molecule has 2 N–H and O–H groups in total. The molecule has 1 heterocycles. The van der Waals surface area contributed by atoms with Gasteiger partial charge in [0.15, 0.2) is 11.5 Å². The molecule has 4 nitrogen and oxygen atoms in total. The Morgan fingerprint density at radius 1 is 1.16 bits per heavy atom. The summed E-state index contributed by atoms with van der Waals surface area (Å²) in [4.78, 5) is 2.33. The van der Waals surface area contributed by atoms with E-state index in [2.05, 4.69) is 31.0 Å². The molecule has 2 rings (SSSR count).